The summed E-state index contributed by atoms with van der Waals surface area (Å²) in [4.78, 5) is 10.1. The van der Waals surface area contributed by atoms with E-state index in [1.165, 1.54) is 12.1 Å². The summed E-state index contributed by atoms with van der Waals surface area (Å²) in [6.45, 7) is 0. The predicted molar refractivity (Wildman–Crippen MR) is 46.4 cm³/mol. The number of carbonyl (C=O) groups is 1. The Hall–Kier alpha value is -2.18. The largest absolute Gasteiger partial charge is 0.530 e. The van der Waals surface area contributed by atoms with Crippen molar-refractivity contribution in [3.63, 3.8) is 0 Å². The Bertz CT molecular complexity index is 413. The summed E-state index contributed by atoms with van der Waals surface area (Å²) in [6.07, 6.45) is -4.09. The maximum absolute atomic E-state index is 12.3. The molecule has 1 N–H and O–H groups in total. The molecule has 0 aliphatic heterocycles. The summed E-state index contributed by atoms with van der Waals surface area (Å²) >= 11 is 0. The lowest BCUT2D eigenvalue weighted by molar-refractivity contribution is -0.242. The maximum atomic E-state index is 12.3. The Kier molecular flexibility index (Phi) is 3.76. The predicted octanol–water partition coefficient (Wildman–Crippen LogP) is 1.86. The van der Waals surface area contributed by atoms with Crippen molar-refractivity contribution in [2.24, 2.45) is 0 Å². The number of halogens is 3. The summed E-state index contributed by atoms with van der Waals surface area (Å²) in [7, 11) is 0. The van der Waals surface area contributed by atoms with Crippen molar-refractivity contribution in [3.05, 3.63) is 36.4 Å². The Morgan fingerprint density at radius 2 is 1.75 bits per heavy atom. The van der Waals surface area contributed by atoms with Crippen LogP contribution in [0.5, 0.6) is 5.75 Å². The van der Waals surface area contributed by atoms with Gasteiger partial charge in [0.2, 0.25) is 0 Å². The molecule has 0 atom stereocenters. The zero-order valence-electron chi connectivity index (χ0n) is 7.67. The van der Waals surface area contributed by atoms with E-state index in [1.54, 1.807) is 0 Å². The van der Waals surface area contributed by atoms with Gasteiger partial charge in [-0.1, -0.05) is 0 Å². The smallest absolute Gasteiger partial charge is 0.344 e. The van der Waals surface area contributed by atoms with E-state index in [9.17, 15) is 23.1 Å². The van der Waals surface area contributed by atoms with E-state index in [0.717, 1.165) is 12.1 Å². The van der Waals surface area contributed by atoms with Gasteiger partial charge in [0.25, 0.3) is 0 Å². The maximum Gasteiger partial charge on any atom is 0.344 e. The highest BCUT2D eigenvalue weighted by atomic mass is 19.3. The normalized spacial score (nSPS) is 9.44. The third-order valence-corrected chi connectivity index (χ3v) is 1.46. The van der Waals surface area contributed by atoms with Crippen molar-refractivity contribution in [1.29, 1.82) is 0 Å². The molecule has 0 saturated heterocycles. The van der Waals surface area contributed by atoms with E-state index in [0.29, 0.717) is 0 Å². The van der Waals surface area contributed by atoms with Crippen LogP contribution >= 0.6 is 0 Å². The van der Waals surface area contributed by atoms with Crippen LogP contribution in [0.2, 0.25) is 0 Å². The zero-order chi connectivity index (χ0) is 12.1. The summed E-state index contributed by atoms with van der Waals surface area (Å²) in [6, 6.07) is 2.64. The number of anilines is 1. The molecule has 0 radical (unpaired) electrons. The Morgan fingerprint density at radius 1 is 1.19 bits per heavy atom. The molecule has 0 bridgehead atoms. The standard InChI is InChI=1S/C9H6F3NO3/c10-7(11)8(12)16-6-3-1-5(2-4-6)13-9(14)15/h1-4,13H,(H,14,15)/p-1. The van der Waals surface area contributed by atoms with Gasteiger partial charge in [0.05, 0.1) is 0 Å². The SMILES string of the molecule is O=C([O-])Nc1ccc(OC(F)=C(F)F)cc1. The summed E-state index contributed by atoms with van der Waals surface area (Å²) in [5, 5.41) is 12.0. The van der Waals surface area contributed by atoms with E-state index < -0.39 is 18.2 Å². The van der Waals surface area contributed by atoms with Crippen molar-refractivity contribution in [1.82, 2.24) is 0 Å². The highest BCUT2D eigenvalue weighted by molar-refractivity contribution is 5.81. The lowest BCUT2D eigenvalue weighted by Crippen LogP contribution is -2.28. The molecule has 1 rings (SSSR count). The molecule has 4 nitrogen and oxygen atoms in total. The molecule has 0 spiro atoms. The minimum absolute atomic E-state index is 0.150. The van der Waals surface area contributed by atoms with Crippen molar-refractivity contribution < 1.29 is 27.8 Å². The third-order valence-electron chi connectivity index (χ3n) is 1.46. The van der Waals surface area contributed by atoms with E-state index >= 15 is 0 Å². The second-order valence-electron chi connectivity index (χ2n) is 2.57. The van der Waals surface area contributed by atoms with Gasteiger partial charge >= 0.3 is 12.1 Å². The van der Waals surface area contributed by atoms with Crippen molar-refractivity contribution >= 4 is 11.8 Å². The highest BCUT2D eigenvalue weighted by Crippen LogP contribution is 2.20. The number of hydrogen-bond acceptors (Lipinski definition) is 3. The molecule has 0 heterocycles. The molecule has 1 aromatic rings. The first kappa shape index (κ1) is 11.9. The van der Waals surface area contributed by atoms with E-state index in [2.05, 4.69) is 4.74 Å². The number of nitrogens with one attached hydrogen (secondary N) is 1. The van der Waals surface area contributed by atoms with Crippen molar-refractivity contribution in [3.8, 4) is 5.75 Å². The van der Waals surface area contributed by atoms with Crippen LogP contribution in [0.25, 0.3) is 0 Å². The molecule has 0 saturated carbocycles. The molecule has 86 valence electrons. The molecule has 7 heteroatoms. The van der Waals surface area contributed by atoms with E-state index in [4.69, 9.17) is 0 Å². The average molecular weight is 232 g/mol. The second kappa shape index (κ2) is 5.06. The van der Waals surface area contributed by atoms with Crippen LogP contribution in [0.4, 0.5) is 23.7 Å². The first-order valence-electron chi connectivity index (χ1n) is 3.95. The second-order valence-corrected chi connectivity index (χ2v) is 2.57. The van der Waals surface area contributed by atoms with Crippen LogP contribution in [-0.4, -0.2) is 6.09 Å². The Labute approximate surface area is 88.0 Å². The zero-order valence-corrected chi connectivity index (χ0v) is 7.67. The number of rotatable bonds is 3. The number of carboxylic acid groups (broad SMARTS) is 1. The number of ether oxygens (including phenoxy) is 1. The van der Waals surface area contributed by atoms with Gasteiger partial charge in [-0.2, -0.15) is 13.2 Å². The van der Waals surface area contributed by atoms with Gasteiger partial charge in [-0.05, 0) is 24.3 Å². The fourth-order valence-electron chi connectivity index (χ4n) is 0.866. The quantitative estimate of drug-likeness (QED) is 0.809. The minimum atomic E-state index is -2.57. The number of hydrogen-bond donors (Lipinski definition) is 1. The van der Waals surface area contributed by atoms with Crippen LogP contribution in [0.1, 0.15) is 0 Å². The molecule has 0 aliphatic carbocycles. The molecule has 0 aliphatic rings. The monoisotopic (exact) mass is 232 g/mol. The number of amides is 1. The first-order chi connectivity index (χ1) is 7.49. The van der Waals surface area contributed by atoms with Crippen LogP contribution in [0.15, 0.2) is 36.4 Å². The fourth-order valence-corrected chi connectivity index (χ4v) is 0.866. The van der Waals surface area contributed by atoms with Crippen LogP contribution in [0, 0.1) is 0 Å². The summed E-state index contributed by atoms with van der Waals surface area (Å²) in [5.74, 6) is -0.186. The lowest BCUT2D eigenvalue weighted by Gasteiger charge is -2.07. The number of carbonyl (C=O) groups excluding carboxylic acids is 1. The van der Waals surface area contributed by atoms with Gasteiger partial charge in [-0.3, -0.25) is 0 Å². The first-order valence-corrected chi connectivity index (χ1v) is 3.95. The molecule has 0 unspecified atom stereocenters. The third kappa shape index (κ3) is 3.52. The van der Waals surface area contributed by atoms with Gasteiger partial charge < -0.3 is 20.0 Å². The van der Waals surface area contributed by atoms with Crippen LogP contribution in [-0.2, 0) is 0 Å². The fraction of sp³-hybridized carbons (Fsp3) is 0. The molecular formula is C9H5F3NO3-. The van der Waals surface area contributed by atoms with Gasteiger partial charge in [0.15, 0.2) is 0 Å². The summed E-state index contributed by atoms with van der Waals surface area (Å²) < 4.78 is 39.7. The van der Waals surface area contributed by atoms with Crippen LogP contribution < -0.4 is 15.2 Å². The molecule has 0 aromatic heterocycles. The van der Waals surface area contributed by atoms with E-state index in [1.807, 2.05) is 5.32 Å². The van der Waals surface area contributed by atoms with Crippen molar-refractivity contribution in [2.45, 2.75) is 0 Å². The van der Waals surface area contributed by atoms with Gasteiger partial charge in [0, 0.05) is 5.69 Å². The van der Waals surface area contributed by atoms with Gasteiger partial charge in [-0.25, -0.2) is 0 Å². The minimum Gasteiger partial charge on any atom is -0.530 e. The molecular weight excluding hydrogens is 227 g/mol. The molecule has 16 heavy (non-hydrogen) atoms. The molecule has 1 amide bonds. The number of benzene rings is 1. The average Bonchev–Trinajstić information content (AvgIpc) is 2.20. The Morgan fingerprint density at radius 3 is 2.19 bits per heavy atom. The lowest BCUT2D eigenvalue weighted by atomic mass is 10.3. The van der Waals surface area contributed by atoms with Gasteiger partial charge in [0.1, 0.15) is 11.8 Å². The topological polar surface area (TPSA) is 61.4 Å². The summed E-state index contributed by atoms with van der Waals surface area (Å²) in [5.41, 5.74) is 0.150. The molecule has 0 fully saturated rings. The van der Waals surface area contributed by atoms with Crippen molar-refractivity contribution in [2.75, 3.05) is 5.32 Å². The van der Waals surface area contributed by atoms with Crippen LogP contribution in [0.3, 0.4) is 0 Å². The van der Waals surface area contributed by atoms with E-state index in [-0.39, 0.29) is 11.4 Å². The highest BCUT2D eigenvalue weighted by Gasteiger charge is 2.07. The molecule has 1 aromatic carbocycles. The van der Waals surface area contributed by atoms with Gasteiger partial charge in [-0.15, -0.1) is 0 Å². The Balaban J connectivity index is 2.72.